The Hall–Kier alpha value is -3.27. The number of nitrogens with one attached hydrogen (secondary N) is 1. The van der Waals surface area contributed by atoms with Crippen LogP contribution in [0.5, 0.6) is 0 Å². The van der Waals surface area contributed by atoms with Crippen molar-refractivity contribution in [2.45, 2.75) is 6.54 Å². The number of carbonyl (C=O) groups is 2. The zero-order valence-electron chi connectivity index (χ0n) is 14.9. The van der Waals surface area contributed by atoms with Crippen LogP contribution in [0.3, 0.4) is 0 Å². The lowest BCUT2D eigenvalue weighted by atomic mass is 10.2. The molecule has 1 aromatic heterocycles. The van der Waals surface area contributed by atoms with E-state index < -0.39 is 46.2 Å². The third-order valence-corrected chi connectivity index (χ3v) is 4.91. The molecule has 0 aliphatic heterocycles. The first-order valence-corrected chi connectivity index (χ1v) is 9.06. The van der Waals surface area contributed by atoms with Crippen LogP contribution >= 0.6 is 11.3 Å². The number of anilines is 1. The molecule has 2 amide bonds. The van der Waals surface area contributed by atoms with Gasteiger partial charge in [-0.1, -0.05) is 12.1 Å². The van der Waals surface area contributed by atoms with Gasteiger partial charge in [0.05, 0.1) is 23.4 Å². The minimum Gasteiger partial charge on any atom is -0.346 e. The summed E-state index contributed by atoms with van der Waals surface area (Å²) in [6.07, 6.45) is 0. The van der Waals surface area contributed by atoms with Crippen LogP contribution in [-0.4, -0.2) is 23.8 Å². The first kappa shape index (κ1) is 20.5. The number of aromatic nitrogens is 1. The zero-order valence-corrected chi connectivity index (χ0v) is 15.7. The largest absolute Gasteiger partial charge is 0.346 e. The van der Waals surface area contributed by atoms with E-state index in [1.54, 1.807) is 0 Å². The summed E-state index contributed by atoms with van der Waals surface area (Å²) >= 11 is 1.04. The Bertz CT molecular complexity index is 1090. The van der Waals surface area contributed by atoms with Crippen molar-refractivity contribution in [1.82, 2.24) is 10.3 Å². The number of benzene rings is 2. The minimum atomic E-state index is -1.26. The summed E-state index contributed by atoms with van der Waals surface area (Å²) in [5, 5.41) is 4.11. The molecule has 1 N–H and O–H groups in total. The standard InChI is InChI=1S/C19H13F4N3O2S/c1-26(18(28)12-5-3-7-14(21)16(12)23)19-25-10(9-29-19)8-24-17(27)11-4-2-6-13(20)15(11)22/h2-7,9H,8H2,1H3,(H,24,27). The Labute approximate surface area is 166 Å². The molecule has 0 radical (unpaired) electrons. The molecular formula is C19H13F4N3O2S. The van der Waals surface area contributed by atoms with E-state index in [9.17, 15) is 27.2 Å². The third-order valence-electron chi connectivity index (χ3n) is 3.94. The van der Waals surface area contributed by atoms with Gasteiger partial charge in [0, 0.05) is 12.4 Å². The van der Waals surface area contributed by atoms with Crippen molar-refractivity contribution in [2.24, 2.45) is 0 Å². The lowest BCUT2D eigenvalue weighted by Gasteiger charge is -2.14. The van der Waals surface area contributed by atoms with Crippen LogP contribution in [0.2, 0.25) is 0 Å². The Morgan fingerprint density at radius 3 is 2.24 bits per heavy atom. The fourth-order valence-corrected chi connectivity index (χ4v) is 3.20. The zero-order chi connectivity index (χ0) is 21.1. The van der Waals surface area contributed by atoms with Crippen molar-refractivity contribution in [3.05, 3.63) is 81.9 Å². The number of nitrogens with zero attached hydrogens (tertiary/aromatic N) is 2. The van der Waals surface area contributed by atoms with E-state index in [0.29, 0.717) is 5.69 Å². The molecule has 3 aromatic rings. The summed E-state index contributed by atoms with van der Waals surface area (Å²) < 4.78 is 54.0. The SMILES string of the molecule is CN(C(=O)c1cccc(F)c1F)c1nc(CNC(=O)c2cccc(F)c2F)cs1. The van der Waals surface area contributed by atoms with Crippen molar-refractivity contribution in [3.8, 4) is 0 Å². The minimum absolute atomic E-state index is 0.109. The number of thiazole rings is 1. The summed E-state index contributed by atoms with van der Waals surface area (Å²) in [5.41, 5.74) is -0.553. The molecule has 1 heterocycles. The van der Waals surface area contributed by atoms with Crippen LogP contribution in [0.1, 0.15) is 26.4 Å². The Morgan fingerprint density at radius 1 is 1.00 bits per heavy atom. The van der Waals surface area contributed by atoms with Crippen LogP contribution in [0.25, 0.3) is 0 Å². The summed E-state index contributed by atoms with van der Waals surface area (Å²) in [6, 6.07) is 6.51. The van der Waals surface area contributed by atoms with Gasteiger partial charge < -0.3 is 5.32 Å². The van der Waals surface area contributed by atoms with Crippen LogP contribution in [0.4, 0.5) is 22.7 Å². The van der Waals surface area contributed by atoms with Gasteiger partial charge in [0.15, 0.2) is 28.4 Å². The normalized spacial score (nSPS) is 10.7. The molecule has 29 heavy (non-hydrogen) atoms. The van der Waals surface area contributed by atoms with E-state index in [1.807, 2.05) is 0 Å². The summed E-state index contributed by atoms with van der Waals surface area (Å²) in [5.74, 6) is -6.43. The number of hydrogen-bond donors (Lipinski definition) is 1. The summed E-state index contributed by atoms with van der Waals surface area (Å²) in [4.78, 5) is 29.6. The first-order chi connectivity index (χ1) is 13.8. The van der Waals surface area contributed by atoms with Gasteiger partial charge in [-0.25, -0.2) is 22.5 Å². The van der Waals surface area contributed by atoms with Crippen LogP contribution in [-0.2, 0) is 6.54 Å². The van der Waals surface area contributed by atoms with E-state index in [0.717, 1.165) is 40.5 Å². The summed E-state index contributed by atoms with van der Waals surface area (Å²) in [7, 11) is 1.34. The Morgan fingerprint density at radius 2 is 1.59 bits per heavy atom. The van der Waals surface area contributed by atoms with E-state index in [1.165, 1.54) is 24.6 Å². The molecule has 0 saturated carbocycles. The smallest absolute Gasteiger partial charge is 0.262 e. The average Bonchev–Trinajstić information content (AvgIpc) is 3.18. The predicted molar refractivity (Wildman–Crippen MR) is 98.7 cm³/mol. The molecule has 3 rings (SSSR count). The lowest BCUT2D eigenvalue weighted by Crippen LogP contribution is -2.27. The van der Waals surface area contributed by atoms with Crippen LogP contribution < -0.4 is 10.2 Å². The Kier molecular flexibility index (Phi) is 5.92. The maximum Gasteiger partial charge on any atom is 0.262 e. The molecule has 0 fully saturated rings. The highest BCUT2D eigenvalue weighted by Gasteiger charge is 2.22. The highest BCUT2D eigenvalue weighted by atomic mass is 32.1. The second-order valence-corrected chi connectivity index (χ2v) is 6.71. The van der Waals surface area contributed by atoms with Crippen molar-refractivity contribution in [1.29, 1.82) is 0 Å². The van der Waals surface area contributed by atoms with E-state index in [-0.39, 0.29) is 11.7 Å². The van der Waals surface area contributed by atoms with Crippen molar-refractivity contribution in [2.75, 3.05) is 11.9 Å². The molecule has 0 saturated heterocycles. The molecule has 150 valence electrons. The van der Waals surface area contributed by atoms with Gasteiger partial charge in [-0.3, -0.25) is 14.5 Å². The lowest BCUT2D eigenvalue weighted by molar-refractivity contribution is 0.0943. The molecule has 0 bridgehead atoms. The van der Waals surface area contributed by atoms with Gasteiger partial charge in [0.1, 0.15) is 0 Å². The second-order valence-electron chi connectivity index (χ2n) is 5.87. The molecule has 0 spiro atoms. The number of halogens is 4. The van der Waals surface area contributed by atoms with Crippen LogP contribution in [0, 0.1) is 23.3 Å². The van der Waals surface area contributed by atoms with Crippen molar-refractivity contribution < 1.29 is 27.2 Å². The fraction of sp³-hybridized carbons (Fsp3) is 0.105. The van der Waals surface area contributed by atoms with Gasteiger partial charge in [-0.05, 0) is 24.3 Å². The molecular weight excluding hydrogens is 410 g/mol. The molecule has 10 heteroatoms. The number of carbonyl (C=O) groups excluding carboxylic acids is 2. The number of hydrogen-bond acceptors (Lipinski definition) is 4. The first-order valence-electron chi connectivity index (χ1n) is 8.18. The molecule has 2 aromatic carbocycles. The quantitative estimate of drug-likeness (QED) is 0.633. The molecule has 5 nitrogen and oxygen atoms in total. The maximum absolute atomic E-state index is 13.8. The number of rotatable bonds is 5. The molecule has 0 unspecified atom stereocenters. The van der Waals surface area contributed by atoms with E-state index >= 15 is 0 Å². The monoisotopic (exact) mass is 423 g/mol. The van der Waals surface area contributed by atoms with Gasteiger partial charge in [0.2, 0.25) is 0 Å². The van der Waals surface area contributed by atoms with Crippen molar-refractivity contribution >= 4 is 28.3 Å². The maximum atomic E-state index is 13.8. The van der Waals surface area contributed by atoms with Gasteiger partial charge in [-0.15, -0.1) is 11.3 Å². The van der Waals surface area contributed by atoms with E-state index in [2.05, 4.69) is 10.3 Å². The van der Waals surface area contributed by atoms with Gasteiger partial charge in [-0.2, -0.15) is 0 Å². The summed E-state index contributed by atoms with van der Waals surface area (Å²) in [6.45, 7) is -0.109. The second kappa shape index (κ2) is 8.39. The van der Waals surface area contributed by atoms with Crippen LogP contribution in [0.15, 0.2) is 41.8 Å². The number of amides is 2. The predicted octanol–water partition coefficient (Wildman–Crippen LogP) is 3.91. The fourth-order valence-electron chi connectivity index (χ4n) is 2.41. The van der Waals surface area contributed by atoms with E-state index in [4.69, 9.17) is 0 Å². The Balaban J connectivity index is 1.69. The molecule has 0 aliphatic rings. The van der Waals surface area contributed by atoms with Gasteiger partial charge >= 0.3 is 0 Å². The third kappa shape index (κ3) is 4.27. The highest BCUT2D eigenvalue weighted by Crippen LogP contribution is 2.23. The highest BCUT2D eigenvalue weighted by molar-refractivity contribution is 7.14. The molecule has 0 atom stereocenters. The molecule has 0 aliphatic carbocycles. The van der Waals surface area contributed by atoms with Gasteiger partial charge in [0.25, 0.3) is 11.8 Å². The topological polar surface area (TPSA) is 62.3 Å². The average molecular weight is 423 g/mol. The van der Waals surface area contributed by atoms with Crippen molar-refractivity contribution in [3.63, 3.8) is 0 Å².